The fourth-order valence-corrected chi connectivity index (χ4v) is 7.45. The fourth-order valence-electron chi connectivity index (χ4n) is 7.45. The van der Waals surface area contributed by atoms with Gasteiger partial charge in [-0.2, -0.15) is 0 Å². The number of nitrogens with one attached hydrogen (secondary N) is 1. The minimum atomic E-state index is -0.377. The van der Waals surface area contributed by atoms with Crippen molar-refractivity contribution in [2.75, 3.05) is 0 Å². The van der Waals surface area contributed by atoms with Gasteiger partial charge in [0.2, 0.25) is 0 Å². The summed E-state index contributed by atoms with van der Waals surface area (Å²) in [5, 5.41) is 0. The molecule has 4 nitrogen and oxygen atoms in total. The van der Waals surface area contributed by atoms with Crippen LogP contribution in [0.3, 0.4) is 0 Å². The van der Waals surface area contributed by atoms with Crippen molar-refractivity contribution in [3.8, 4) is 11.4 Å². The largest absolute Gasteiger partial charge is 0.456 e. The van der Waals surface area contributed by atoms with Crippen molar-refractivity contribution in [3.05, 3.63) is 77.1 Å². The lowest BCUT2D eigenvalue weighted by Gasteiger charge is -2.57. The zero-order valence-corrected chi connectivity index (χ0v) is 20.1. The molecule has 1 heterocycles. The van der Waals surface area contributed by atoms with Gasteiger partial charge in [0, 0.05) is 5.56 Å². The molecule has 0 atom stereocenters. The van der Waals surface area contributed by atoms with Gasteiger partial charge in [-0.05, 0) is 104 Å². The molecule has 34 heavy (non-hydrogen) atoms. The minimum Gasteiger partial charge on any atom is -0.456 e. The van der Waals surface area contributed by atoms with E-state index in [9.17, 15) is 4.79 Å². The summed E-state index contributed by atoms with van der Waals surface area (Å²) in [6.07, 6.45) is 12.9. The van der Waals surface area contributed by atoms with Crippen molar-refractivity contribution in [3.63, 3.8) is 0 Å². The van der Waals surface area contributed by atoms with Gasteiger partial charge in [0.25, 0.3) is 0 Å². The number of imidazole rings is 1. The fraction of sp³-hybridized carbons (Fsp3) is 0.467. The molecule has 4 bridgehead atoms. The third-order valence-electron chi connectivity index (χ3n) is 8.67. The monoisotopic (exact) mass is 454 g/mol. The Balaban J connectivity index is 1.13. The van der Waals surface area contributed by atoms with E-state index < -0.39 is 0 Å². The molecule has 4 aliphatic rings. The number of aromatic amines is 1. The van der Waals surface area contributed by atoms with Gasteiger partial charge in [-0.15, -0.1) is 0 Å². The number of hydrogen-bond donors (Lipinski definition) is 1. The van der Waals surface area contributed by atoms with Crippen LogP contribution in [0.15, 0.2) is 54.7 Å². The first-order valence-corrected chi connectivity index (χ1v) is 12.9. The van der Waals surface area contributed by atoms with Crippen LogP contribution < -0.4 is 0 Å². The molecule has 4 saturated carbocycles. The molecule has 7 rings (SSSR count). The highest BCUT2D eigenvalue weighted by molar-refractivity contribution is 5.87. The number of ether oxygens (including phenoxy) is 1. The average molecular weight is 455 g/mol. The van der Waals surface area contributed by atoms with Gasteiger partial charge < -0.3 is 9.72 Å². The number of aromatic nitrogens is 2. The number of carbonyl (C=O) groups excluding carboxylic acids is 1. The molecule has 0 saturated heterocycles. The Kier molecular flexibility index (Phi) is 5.55. The molecule has 176 valence electrons. The van der Waals surface area contributed by atoms with Crippen LogP contribution in [0.2, 0.25) is 0 Å². The van der Waals surface area contributed by atoms with E-state index in [1.165, 1.54) is 50.5 Å². The molecule has 4 heteroatoms. The standard InChI is InChI=1S/C30H34N2O2/c1-20-7-8-21(9-10-30-15-23-11-24(16-30)13-25(12-23)17-30)14-26(20)28-31-18-27(32-28)29(33)34-19-22-5-3-2-4-6-22/h2-8,14,18,23-25H,9-13,15-17,19H2,1H3,(H,31,32). The molecule has 2 aromatic carbocycles. The number of esters is 1. The van der Waals surface area contributed by atoms with E-state index in [1.807, 2.05) is 30.3 Å². The van der Waals surface area contributed by atoms with Crippen LogP contribution >= 0.6 is 0 Å². The normalized spacial score (nSPS) is 27.1. The Morgan fingerprint density at radius 2 is 1.71 bits per heavy atom. The molecule has 0 spiro atoms. The first-order chi connectivity index (χ1) is 16.6. The molecular formula is C30H34N2O2. The third-order valence-corrected chi connectivity index (χ3v) is 8.67. The van der Waals surface area contributed by atoms with Crippen LogP contribution in [0, 0.1) is 30.1 Å². The van der Waals surface area contributed by atoms with E-state index in [2.05, 4.69) is 35.1 Å². The summed E-state index contributed by atoms with van der Waals surface area (Å²) < 4.78 is 5.46. The van der Waals surface area contributed by atoms with E-state index >= 15 is 0 Å². The second kappa shape index (κ2) is 8.72. The van der Waals surface area contributed by atoms with E-state index in [-0.39, 0.29) is 12.6 Å². The number of H-pyrrole nitrogens is 1. The molecular weight excluding hydrogens is 420 g/mol. The van der Waals surface area contributed by atoms with Gasteiger partial charge in [0.05, 0.1) is 6.20 Å². The Hall–Kier alpha value is -2.88. The molecule has 4 fully saturated rings. The van der Waals surface area contributed by atoms with Gasteiger partial charge in [-0.1, -0.05) is 42.5 Å². The second-order valence-electron chi connectivity index (χ2n) is 11.3. The van der Waals surface area contributed by atoms with Crippen LogP contribution in [0.5, 0.6) is 0 Å². The van der Waals surface area contributed by atoms with Gasteiger partial charge in [-0.25, -0.2) is 9.78 Å². The van der Waals surface area contributed by atoms with Crippen molar-refractivity contribution in [1.29, 1.82) is 0 Å². The highest BCUT2D eigenvalue weighted by Gasteiger charge is 2.50. The van der Waals surface area contributed by atoms with E-state index in [1.54, 1.807) is 6.20 Å². The van der Waals surface area contributed by atoms with Gasteiger partial charge in [0.15, 0.2) is 0 Å². The molecule has 3 aromatic rings. The molecule has 0 unspecified atom stereocenters. The topological polar surface area (TPSA) is 55.0 Å². The van der Waals surface area contributed by atoms with Crippen LogP contribution in [-0.2, 0) is 17.8 Å². The maximum Gasteiger partial charge on any atom is 0.356 e. The van der Waals surface area contributed by atoms with E-state index in [0.717, 1.165) is 46.7 Å². The highest BCUT2D eigenvalue weighted by atomic mass is 16.5. The summed E-state index contributed by atoms with van der Waals surface area (Å²) in [5.41, 5.74) is 5.57. The van der Waals surface area contributed by atoms with Crippen LogP contribution in [0.25, 0.3) is 11.4 Å². The molecule has 1 N–H and O–H groups in total. The molecule has 0 amide bonds. The molecule has 1 aromatic heterocycles. The van der Waals surface area contributed by atoms with Crippen LogP contribution in [0.1, 0.15) is 72.1 Å². The minimum absolute atomic E-state index is 0.257. The zero-order chi connectivity index (χ0) is 23.1. The Morgan fingerprint density at radius 1 is 1.00 bits per heavy atom. The Labute approximate surface area is 202 Å². The van der Waals surface area contributed by atoms with Crippen molar-refractivity contribution < 1.29 is 9.53 Å². The maximum absolute atomic E-state index is 12.5. The van der Waals surface area contributed by atoms with E-state index in [4.69, 9.17) is 4.74 Å². The summed E-state index contributed by atoms with van der Waals surface area (Å²) in [7, 11) is 0. The Morgan fingerprint density at radius 3 is 2.41 bits per heavy atom. The number of benzene rings is 2. The summed E-state index contributed by atoms with van der Waals surface area (Å²) in [5.74, 6) is 3.37. The summed E-state index contributed by atoms with van der Waals surface area (Å²) in [6.45, 7) is 2.36. The Bertz CT molecular complexity index is 1140. The van der Waals surface area contributed by atoms with Crippen LogP contribution in [-0.4, -0.2) is 15.9 Å². The van der Waals surface area contributed by atoms with E-state index in [0.29, 0.717) is 11.1 Å². The first-order valence-electron chi connectivity index (χ1n) is 12.9. The number of hydrogen-bond acceptors (Lipinski definition) is 3. The average Bonchev–Trinajstić information content (AvgIpc) is 3.32. The number of rotatable bonds is 7. The lowest BCUT2D eigenvalue weighted by Crippen LogP contribution is -2.46. The summed E-state index contributed by atoms with van der Waals surface area (Å²) in [6, 6.07) is 16.5. The number of nitrogens with zero attached hydrogens (tertiary/aromatic N) is 1. The SMILES string of the molecule is Cc1ccc(CCC23CC4CC(CC(C4)C2)C3)cc1-c1ncc(C(=O)OCc2ccccc2)[nH]1. The predicted molar refractivity (Wildman–Crippen MR) is 133 cm³/mol. The highest BCUT2D eigenvalue weighted by Crippen LogP contribution is 2.61. The first kappa shape index (κ1) is 21.6. The lowest BCUT2D eigenvalue weighted by atomic mass is 9.48. The summed E-state index contributed by atoms with van der Waals surface area (Å²) in [4.78, 5) is 20.3. The molecule has 0 aliphatic heterocycles. The van der Waals surface area contributed by atoms with Gasteiger partial charge in [0.1, 0.15) is 18.1 Å². The third kappa shape index (κ3) is 4.31. The zero-order valence-electron chi connectivity index (χ0n) is 20.1. The number of carbonyl (C=O) groups is 1. The van der Waals surface area contributed by atoms with Gasteiger partial charge in [-0.3, -0.25) is 0 Å². The predicted octanol–water partition coefficient (Wildman–Crippen LogP) is 6.89. The van der Waals surface area contributed by atoms with Gasteiger partial charge >= 0.3 is 5.97 Å². The van der Waals surface area contributed by atoms with Crippen molar-refractivity contribution in [2.45, 2.75) is 64.9 Å². The van der Waals surface area contributed by atoms with Crippen LogP contribution in [0.4, 0.5) is 0 Å². The summed E-state index contributed by atoms with van der Waals surface area (Å²) >= 11 is 0. The van der Waals surface area contributed by atoms with Crippen molar-refractivity contribution >= 4 is 5.97 Å². The molecule has 4 aliphatic carbocycles. The number of aryl methyl sites for hydroxylation is 2. The smallest absolute Gasteiger partial charge is 0.356 e. The van der Waals surface area contributed by atoms with Crippen molar-refractivity contribution in [2.24, 2.45) is 23.2 Å². The van der Waals surface area contributed by atoms with Crippen molar-refractivity contribution in [1.82, 2.24) is 9.97 Å². The lowest BCUT2D eigenvalue weighted by molar-refractivity contribution is -0.0569. The molecule has 0 radical (unpaired) electrons. The second-order valence-corrected chi connectivity index (χ2v) is 11.3. The maximum atomic E-state index is 12.5. The quantitative estimate of drug-likeness (QED) is 0.395.